The molecule has 2 amide bonds. The van der Waals surface area contributed by atoms with Crippen LogP contribution in [0.25, 0.3) is 5.69 Å². The molecule has 0 unspecified atom stereocenters. The number of alkyl halides is 3. The zero-order valence-corrected chi connectivity index (χ0v) is 17.5. The van der Waals surface area contributed by atoms with Crippen LogP contribution >= 0.6 is 0 Å². The van der Waals surface area contributed by atoms with Gasteiger partial charge < -0.3 is 0 Å². The van der Waals surface area contributed by atoms with Gasteiger partial charge in [0.15, 0.2) is 0 Å². The number of Topliss-reactive ketones (excluding diaryl/α,β-unsaturated/α-hetero) is 1. The Balaban J connectivity index is 1.72. The van der Waals surface area contributed by atoms with Gasteiger partial charge in [0.05, 0.1) is 34.6 Å². The van der Waals surface area contributed by atoms with E-state index in [1.807, 2.05) is 5.43 Å². The van der Waals surface area contributed by atoms with Gasteiger partial charge in [-0.2, -0.15) is 18.3 Å². The molecule has 0 atom stereocenters. The molecular weight excluding hydrogens is 444 g/mol. The first-order valence-corrected chi connectivity index (χ1v) is 9.59. The number of halogens is 4. The molecule has 0 fully saturated rings. The van der Waals surface area contributed by atoms with Gasteiger partial charge in [0.25, 0.3) is 5.78 Å². The summed E-state index contributed by atoms with van der Waals surface area (Å²) in [7, 11) is 0. The zero-order chi connectivity index (χ0) is 24.3. The third kappa shape index (κ3) is 5.43. The number of hydrogen-bond donors (Lipinski definition) is 2. The van der Waals surface area contributed by atoms with Crippen LogP contribution in [0.4, 0.5) is 17.6 Å². The Bertz CT molecular complexity index is 1220. The van der Waals surface area contributed by atoms with E-state index in [1.54, 1.807) is 0 Å². The first-order chi connectivity index (χ1) is 15.5. The van der Waals surface area contributed by atoms with Gasteiger partial charge in [0, 0.05) is 0 Å². The fourth-order valence-electron chi connectivity index (χ4n) is 3.17. The summed E-state index contributed by atoms with van der Waals surface area (Å²) in [6.07, 6.45) is -4.73. The third-order valence-corrected chi connectivity index (χ3v) is 4.74. The number of carbonyl (C=O) groups excluding carboxylic acids is 3. The molecule has 0 aliphatic heterocycles. The Morgan fingerprint density at radius 2 is 1.67 bits per heavy atom. The normalized spacial score (nSPS) is 11.2. The summed E-state index contributed by atoms with van der Waals surface area (Å²) in [5.41, 5.74) is 3.94. The van der Waals surface area contributed by atoms with Crippen LogP contribution in [0.1, 0.15) is 32.9 Å². The Morgan fingerprint density at radius 3 is 2.30 bits per heavy atom. The fraction of sp³-hybridized carbons (Fsp3) is 0.182. The lowest BCUT2D eigenvalue weighted by Crippen LogP contribution is -2.45. The van der Waals surface area contributed by atoms with Gasteiger partial charge in [0.1, 0.15) is 5.82 Å². The smallest absolute Gasteiger partial charge is 0.283 e. The van der Waals surface area contributed by atoms with E-state index in [0.29, 0.717) is 5.56 Å². The van der Waals surface area contributed by atoms with Crippen LogP contribution in [0.3, 0.4) is 0 Å². The minimum Gasteiger partial charge on any atom is -0.283 e. The van der Waals surface area contributed by atoms with Crippen molar-refractivity contribution in [1.29, 1.82) is 0 Å². The van der Waals surface area contributed by atoms with Gasteiger partial charge in [-0.05, 0) is 49.7 Å². The molecule has 0 saturated heterocycles. The molecule has 2 aromatic carbocycles. The summed E-state index contributed by atoms with van der Waals surface area (Å²) >= 11 is 0. The number of amides is 2. The average Bonchev–Trinajstić information content (AvgIpc) is 3.06. The van der Waals surface area contributed by atoms with E-state index in [4.69, 9.17) is 0 Å². The van der Waals surface area contributed by atoms with E-state index >= 15 is 0 Å². The topological polar surface area (TPSA) is 93.1 Å². The molecule has 0 spiro atoms. The molecule has 3 aromatic rings. The number of nitrogens with one attached hydrogen (secondary N) is 2. The maximum atomic E-state index is 13.0. The van der Waals surface area contributed by atoms with Crippen molar-refractivity contribution in [2.45, 2.75) is 26.4 Å². The summed E-state index contributed by atoms with van der Waals surface area (Å²) < 4.78 is 53.1. The average molecular weight is 462 g/mol. The molecule has 0 saturated carbocycles. The lowest BCUT2D eigenvalue weighted by Gasteiger charge is -2.10. The molecule has 11 heteroatoms. The number of aryl methyl sites for hydroxylation is 1. The second-order valence-electron chi connectivity index (χ2n) is 7.14. The number of hydrogen-bond acceptors (Lipinski definition) is 4. The third-order valence-electron chi connectivity index (χ3n) is 4.74. The molecule has 0 bridgehead atoms. The Hall–Kier alpha value is -4.02. The minimum absolute atomic E-state index is 0.0671. The largest absolute Gasteiger partial charge is 0.416 e. The molecule has 3 rings (SSSR count). The van der Waals surface area contributed by atoms with Crippen LogP contribution in [0, 0.1) is 19.7 Å². The van der Waals surface area contributed by atoms with Crippen molar-refractivity contribution in [3.8, 4) is 5.69 Å². The minimum atomic E-state index is -4.56. The molecule has 0 aliphatic rings. The van der Waals surface area contributed by atoms with Gasteiger partial charge in [0.2, 0.25) is 5.91 Å². The standard InChI is InChI=1S/C22H18F4N4O3/c1-12-19(13(2)30(29-12)17-5-3-4-15(11-17)22(24,25)26)20(32)21(33)28-27-18(31)10-14-6-8-16(23)9-7-14/h3-9,11H,10H2,1-2H3,(H,27,31)(H,28,33). The summed E-state index contributed by atoms with van der Waals surface area (Å²) in [4.78, 5) is 36.9. The molecular formula is C22H18F4N4O3. The highest BCUT2D eigenvalue weighted by molar-refractivity contribution is 6.43. The van der Waals surface area contributed by atoms with E-state index in [1.165, 1.54) is 50.2 Å². The van der Waals surface area contributed by atoms with Gasteiger partial charge in [-0.3, -0.25) is 25.2 Å². The van der Waals surface area contributed by atoms with E-state index in [9.17, 15) is 31.9 Å². The lowest BCUT2D eigenvalue weighted by atomic mass is 10.1. The van der Waals surface area contributed by atoms with Crippen molar-refractivity contribution in [3.63, 3.8) is 0 Å². The highest BCUT2D eigenvalue weighted by Gasteiger charge is 2.31. The fourth-order valence-corrected chi connectivity index (χ4v) is 3.17. The second kappa shape index (κ2) is 9.23. The first kappa shape index (κ1) is 23.6. The van der Waals surface area contributed by atoms with E-state index < -0.39 is 35.2 Å². The van der Waals surface area contributed by atoms with Crippen LogP contribution in [0.5, 0.6) is 0 Å². The van der Waals surface area contributed by atoms with Gasteiger partial charge >= 0.3 is 12.1 Å². The summed E-state index contributed by atoms with van der Waals surface area (Å²) in [6.45, 7) is 2.87. The van der Waals surface area contributed by atoms with Crippen molar-refractivity contribution in [2.75, 3.05) is 0 Å². The highest BCUT2D eigenvalue weighted by Crippen LogP contribution is 2.30. The molecule has 2 N–H and O–H groups in total. The molecule has 1 heterocycles. The lowest BCUT2D eigenvalue weighted by molar-refractivity contribution is -0.137. The van der Waals surface area contributed by atoms with Gasteiger partial charge in [-0.15, -0.1) is 0 Å². The zero-order valence-electron chi connectivity index (χ0n) is 17.5. The van der Waals surface area contributed by atoms with Crippen LogP contribution in [0.2, 0.25) is 0 Å². The van der Waals surface area contributed by atoms with Crippen molar-refractivity contribution in [3.05, 3.63) is 82.4 Å². The monoisotopic (exact) mass is 462 g/mol. The first-order valence-electron chi connectivity index (χ1n) is 9.59. The predicted octanol–water partition coefficient (Wildman–Crippen LogP) is 3.22. The summed E-state index contributed by atoms with van der Waals surface area (Å²) in [5, 5.41) is 4.10. The van der Waals surface area contributed by atoms with Crippen molar-refractivity contribution in [1.82, 2.24) is 20.6 Å². The Kier molecular flexibility index (Phi) is 6.61. The van der Waals surface area contributed by atoms with Gasteiger partial charge in [-0.25, -0.2) is 9.07 Å². The van der Waals surface area contributed by atoms with Crippen molar-refractivity contribution < 1.29 is 31.9 Å². The molecule has 0 aliphatic carbocycles. The maximum Gasteiger partial charge on any atom is 0.416 e. The van der Waals surface area contributed by atoms with Crippen molar-refractivity contribution in [2.24, 2.45) is 0 Å². The SMILES string of the molecule is Cc1nn(-c2cccc(C(F)(F)F)c2)c(C)c1C(=O)C(=O)NNC(=O)Cc1ccc(F)cc1. The number of carbonyl (C=O) groups is 3. The van der Waals surface area contributed by atoms with Crippen LogP contribution in [-0.4, -0.2) is 27.4 Å². The predicted molar refractivity (Wildman–Crippen MR) is 109 cm³/mol. The second-order valence-corrected chi connectivity index (χ2v) is 7.14. The van der Waals surface area contributed by atoms with E-state index in [2.05, 4.69) is 10.5 Å². The number of hydrazine groups is 1. The number of rotatable bonds is 5. The molecule has 172 valence electrons. The summed E-state index contributed by atoms with van der Waals surface area (Å²) in [6, 6.07) is 9.54. The quantitative estimate of drug-likeness (QED) is 0.264. The van der Waals surface area contributed by atoms with Crippen LogP contribution in [-0.2, 0) is 22.2 Å². The molecule has 1 aromatic heterocycles. The number of benzene rings is 2. The molecule has 0 radical (unpaired) electrons. The van der Waals surface area contributed by atoms with Gasteiger partial charge in [-0.1, -0.05) is 18.2 Å². The summed E-state index contributed by atoms with van der Waals surface area (Å²) in [5.74, 6) is -3.28. The van der Waals surface area contributed by atoms with Crippen LogP contribution < -0.4 is 10.9 Å². The molecule has 33 heavy (non-hydrogen) atoms. The van der Waals surface area contributed by atoms with E-state index in [0.717, 1.165) is 16.8 Å². The number of ketones is 1. The van der Waals surface area contributed by atoms with E-state index in [-0.39, 0.29) is 29.1 Å². The maximum absolute atomic E-state index is 13.0. The Morgan fingerprint density at radius 1 is 1.00 bits per heavy atom. The molecule has 7 nitrogen and oxygen atoms in total. The van der Waals surface area contributed by atoms with Crippen LogP contribution in [0.15, 0.2) is 48.5 Å². The van der Waals surface area contributed by atoms with Crippen molar-refractivity contribution >= 4 is 17.6 Å². The number of nitrogens with zero attached hydrogens (tertiary/aromatic N) is 2. The Labute approximate surface area is 185 Å². The highest BCUT2D eigenvalue weighted by atomic mass is 19.4. The number of aromatic nitrogens is 2.